The van der Waals surface area contributed by atoms with Crippen molar-refractivity contribution in [2.45, 2.75) is 12.7 Å². The van der Waals surface area contributed by atoms with Crippen LogP contribution in [0.25, 0.3) is 0 Å². The van der Waals surface area contributed by atoms with Crippen molar-refractivity contribution < 1.29 is 22.4 Å². The van der Waals surface area contributed by atoms with Gasteiger partial charge in [-0.15, -0.1) is 0 Å². The van der Waals surface area contributed by atoms with Gasteiger partial charge in [0.1, 0.15) is 10.8 Å². The summed E-state index contributed by atoms with van der Waals surface area (Å²) in [5, 5.41) is 2.99. The van der Waals surface area contributed by atoms with E-state index in [4.69, 9.17) is 11.6 Å². The first-order chi connectivity index (χ1) is 12.7. The molecule has 10 heteroatoms. The van der Waals surface area contributed by atoms with Gasteiger partial charge >= 0.3 is 6.18 Å². The van der Waals surface area contributed by atoms with E-state index in [-0.39, 0.29) is 5.82 Å². The minimum Gasteiger partial charge on any atom is -0.335 e. The Hall–Kier alpha value is -2.13. The molecule has 1 fully saturated rings. The van der Waals surface area contributed by atoms with Crippen LogP contribution in [0.15, 0.2) is 24.3 Å². The summed E-state index contributed by atoms with van der Waals surface area (Å²) in [5.74, 6) is -0.924. The van der Waals surface area contributed by atoms with E-state index in [0.29, 0.717) is 37.4 Å². The summed E-state index contributed by atoms with van der Waals surface area (Å²) in [6, 6.07) is 6.16. The molecule has 1 aliphatic heterocycles. The lowest BCUT2D eigenvalue weighted by atomic mass is 10.2. The van der Waals surface area contributed by atoms with Crippen molar-refractivity contribution in [3.05, 3.63) is 52.1 Å². The molecular weight excluding hydrogens is 388 g/mol. The Morgan fingerprint density at radius 2 is 1.74 bits per heavy atom. The third-order valence-corrected chi connectivity index (χ3v) is 4.80. The Labute approximate surface area is 158 Å². The van der Waals surface area contributed by atoms with Gasteiger partial charge in [0.15, 0.2) is 11.4 Å². The van der Waals surface area contributed by atoms with Crippen LogP contribution in [0.3, 0.4) is 0 Å². The Kier molecular flexibility index (Phi) is 5.43. The van der Waals surface area contributed by atoms with E-state index in [0.717, 1.165) is 12.6 Å². The van der Waals surface area contributed by atoms with Crippen molar-refractivity contribution in [3.8, 4) is 0 Å². The Bertz CT molecular complexity index is 827. The van der Waals surface area contributed by atoms with Gasteiger partial charge in [-0.3, -0.25) is 14.4 Å². The fraction of sp³-hybridized carbons (Fsp3) is 0.412. The number of nitrogens with zero attached hydrogens (tertiary/aromatic N) is 4. The molecule has 3 rings (SSSR count). The quantitative estimate of drug-likeness (QED) is 0.738. The van der Waals surface area contributed by atoms with E-state index < -0.39 is 28.5 Å². The number of piperazine rings is 1. The molecule has 0 saturated carbocycles. The van der Waals surface area contributed by atoms with Crippen LogP contribution in [0, 0.1) is 5.82 Å². The lowest BCUT2D eigenvalue weighted by molar-refractivity contribution is -0.143. The number of aromatic nitrogens is 2. The van der Waals surface area contributed by atoms with Crippen molar-refractivity contribution in [2.75, 3.05) is 26.2 Å². The van der Waals surface area contributed by atoms with Gasteiger partial charge in [-0.25, -0.2) is 4.39 Å². The van der Waals surface area contributed by atoms with Gasteiger partial charge in [-0.05, 0) is 17.7 Å². The lowest BCUT2D eigenvalue weighted by Crippen LogP contribution is -2.48. The van der Waals surface area contributed by atoms with Gasteiger partial charge in [-0.1, -0.05) is 23.7 Å². The maximum Gasteiger partial charge on any atom is 0.434 e. The topological polar surface area (TPSA) is 41.4 Å². The maximum atomic E-state index is 13.0. The second kappa shape index (κ2) is 7.47. The second-order valence-corrected chi connectivity index (χ2v) is 6.71. The van der Waals surface area contributed by atoms with Crippen molar-refractivity contribution in [2.24, 2.45) is 7.05 Å². The number of hydrogen-bond acceptors (Lipinski definition) is 3. The molecule has 0 radical (unpaired) electrons. The molecule has 1 aromatic carbocycles. The normalized spacial score (nSPS) is 16.0. The van der Waals surface area contributed by atoms with E-state index in [1.54, 1.807) is 12.1 Å². The lowest BCUT2D eigenvalue weighted by Gasteiger charge is -2.34. The summed E-state index contributed by atoms with van der Waals surface area (Å²) in [7, 11) is 1.10. The van der Waals surface area contributed by atoms with Crippen molar-refractivity contribution in [3.63, 3.8) is 0 Å². The summed E-state index contributed by atoms with van der Waals surface area (Å²) in [4.78, 5) is 16.1. The summed E-state index contributed by atoms with van der Waals surface area (Å²) in [6.07, 6.45) is -4.69. The predicted octanol–water partition coefficient (Wildman–Crippen LogP) is 3.19. The van der Waals surface area contributed by atoms with E-state index in [1.807, 2.05) is 0 Å². The van der Waals surface area contributed by atoms with Crippen LogP contribution >= 0.6 is 11.6 Å². The fourth-order valence-electron chi connectivity index (χ4n) is 3.05. The summed E-state index contributed by atoms with van der Waals surface area (Å²) < 4.78 is 52.6. The standard InChI is InChI=1S/C17H17ClF4N4O/c1-24-15(17(20,21)22)13(18)14(23-24)16(27)26-8-6-25(7-9-26)10-11-2-4-12(19)5-3-11/h2-5H,6-10H2,1H3. The summed E-state index contributed by atoms with van der Waals surface area (Å²) in [5.41, 5.74) is -0.584. The first-order valence-corrected chi connectivity index (χ1v) is 8.60. The highest BCUT2D eigenvalue weighted by molar-refractivity contribution is 6.34. The molecule has 5 nitrogen and oxygen atoms in total. The highest BCUT2D eigenvalue weighted by Gasteiger charge is 2.40. The Morgan fingerprint density at radius 3 is 2.26 bits per heavy atom. The van der Waals surface area contributed by atoms with Gasteiger partial charge in [0, 0.05) is 39.8 Å². The Balaban J connectivity index is 1.64. The smallest absolute Gasteiger partial charge is 0.335 e. The molecule has 1 amide bonds. The second-order valence-electron chi connectivity index (χ2n) is 6.33. The minimum atomic E-state index is -4.69. The van der Waals surface area contributed by atoms with Crippen LogP contribution in [-0.4, -0.2) is 51.7 Å². The molecular formula is C17H17ClF4N4O. The molecule has 0 aliphatic carbocycles. The van der Waals surface area contributed by atoms with Crippen LogP contribution in [-0.2, 0) is 19.8 Å². The first kappa shape index (κ1) is 19.6. The molecule has 1 aliphatic rings. The maximum absolute atomic E-state index is 13.0. The molecule has 0 N–H and O–H groups in total. The molecule has 0 unspecified atom stereocenters. The van der Waals surface area contributed by atoms with Gasteiger partial charge in [0.25, 0.3) is 5.91 Å². The van der Waals surface area contributed by atoms with E-state index in [9.17, 15) is 22.4 Å². The number of carbonyl (C=O) groups is 1. The van der Waals surface area contributed by atoms with Crippen LogP contribution in [0.4, 0.5) is 17.6 Å². The number of halogens is 5. The molecule has 1 aromatic heterocycles. The van der Waals surface area contributed by atoms with Gasteiger partial charge in [0.05, 0.1) is 0 Å². The molecule has 0 spiro atoms. The SMILES string of the molecule is Cn1nc(C(=O)N2CCN(Cc3ccc(F)cc3)CC2)c(Cl)c1C(F)(F)F. The van der Waals surface area contributed by atoms with Crippen LogP contribution < -0.4 is 0 Å². The third kappa shape index (κ3) is 4.24. The van der Waals surface area contributed by atoms with Crippen molar-refractivity contribution >= 4 is 17.5 Å². The average molecular weight is 405 g/mol. The molecule has 0 bridgehead atoms. The number of hydrogen-bond donors (Lipinski definition) is 0. The van der Waals surface area contributed by atoms with Gasteiger partial charge in [0.2, 0.25) is 0 Å². The van der Waals surface area contributed by atoms with Gasteiger partial charge < -0.3 is 4.90 Å². The molecule has 1 saturated heterocycles. The van der Waals surface area contributed by atoms with E-state index in [1.165, 1.54) is 17.0 Å². The number of benzene rings is 1. The zero-order chi connectivity index (χ0) is 19.8. The number of carbonyl (C=O) groups excluding carboxylic acids is 1. The number of rotatable bonds is 3. The zero-order valence-corrected chi connectivity index (χ0v) is 15.2. The number of amides is 1. The van der Waals surface area contributed by atoms with Crippen LogP contribution in [0.2, 0.25) is 5.02 Å². The molecule has 2 heterocycles. The van der Waals surface area contributed by atoms with Crippen molar-refractivity contribution in [1.29, 1.82) is 0 Å². The first-order valence-electron chi connectivity index (χ1n) is 8.22. The average Bonchev–Trinajstić information content (AvgIpc) is 2.91. The highest BCUT2D eigenvalue weighted by Crippen LogP contribution is 2.36. The number of alkyl halides is 3. The van der Waals surface area contributed by atoms with Crippen molar-refractivity contribution in [1.82, 2.24) is 19.6 Å². The van der Waals surface area contributed by atoms with E-state index >= 15 is 0 Å². The molecule has 27 heavy (non-hydrogen) atoms. The van der Waals surface area contributed by atoms with Crippen LogP contribution in [0.5, 0.6) is 0 Å². The Morgan fingerprint density at radius 1 is 1.15 bits per heavy atom. The summed E-state index contributed by atoms with van der Waals surface area (Å²) >= 11 is 5.79. The highest BCUT2D eigenvalue weighted by atomic mass is 35.5. The monoisotopic (exact) mass is 404 g/mol. The molecule has 2 aromatic rings. The van der Waals surface area contributed by atoms with Gasteiger partial charge in [-0.2, -0.15) is 18.3 Å². The number of aryl methyl sites for hydroxylation is 1. The fourth-order valence-corrected chi connectivity index (χ4v) is 3.40. The van der Waals surface area contributed by atoms with E-state index in [2.05, 4.69) is 10.00 Å². The van der Waals surface area contributed by atoms with Crippen LogP contribution in [0.1, 0.15) is 21.7 Å². The summed E-state index contributed by atoms with van der Waals surface area (Å²) in [6.45, 7) is 2.37. The minimum absolute atomic E-state index is 0.306. The molecule has 146 valence electrons. The predicted molar refractivity (Wildman–Crippen MR) is 90.8 cm³/mol. The largest absolute Gasteiger partial charge is 0.434 e. The third-order valence-electron chi connectivity index (χ3n) is 4.44. The molecule has 0 atom stereocenters. The zero-order valence-electron chi connectivity index (χ0n) is 14.4.